The molecule has 0 atom stereocenters. The fourth-order valence-corrected chi connectivity index (χ4v) is 2.60. The first-order valence-electron chi connectivity index (χ1n) is 6.87. The van der Waals surface area contributed by atoms with Gasteiger partial charge in [0.1, 0.15) is 0 Å². The standard InChI is InChI=1S/C14H22N2O3S/c1-11-7-8-12(20-11)10-16-14(19)15-9-5-3-2-4-6-13(17)18/h7-8H,2-6,9-10H2,1H3,(H,17,18)(H2,15,16,19). The lowest BCUT2D eigenvalue weighted by Crippen LogP contribution is -2.35. The molecular weight excluding hydrogens is 276 g/mol. The minimum atomic E-state index is -0.744. The van der Waals surface area contributed by atoms with Gasteiger partial charge in [-0.1, -0.05) is 12.8 Å². The third-order valence-electron chi connectivity index (χ3n) is 2.82. The van der Waals surface area contributed by atoms with E-state index in [-0.39, 0.29) is 12.5 Å². The summed E-state index contributed by atoms with van der Waals surface area (Å²) in [7, 11) is 0. The zero-order valence-electron chi connectivity index (χ0n) is 11.8. The van der Waals surface area contributed by atoms with Gasteiger partial charge in [-0.05, 0) is 31.9 Å². The van der Waals surface area contributed by atoms with Crippen LogP contribution < -0.4 is 10.6 Å². The SMILES string of the molecule is Cc1ccc(CNC(=O)NCCCCCCC(=O)O)s1. The lowest BCUT2D eigenvalue weighted by Gasteiger charge is -2.06. The molecule has 0 aliphatic rings. The van der Waals surface area contributed by atoms with Crippen LogP contribution in [-0.4, -0.2) is 23.7 Å². The van der Waals surface area contributed by atoms with Crippen molar-refractivity contribution in [1.82, 2.24) is 10.6 Å². The summed E-state index contributed by atoms with van der Waals surface area (Å²) in [5.41, 5.74) is 0. The molecule has 5 nitrogen and oxygen atoms in total. The van der Waals surface area contributed by atoms with Gasteiger partial charge >= 0.3 is 12.0 Å². The molecule has 0 aliphatic carbocycles. The Morgan fingerprint density at radius 3 is 2.55 bits per heavy atom. The van der Waals surface area contributed by atoms with Crippen LogP contribution in [0.4, 0.5) is 4.79 Å². The van der Waals surface area contributed by atoms with E-state index in [1.807, 2.05) is 19.1 Å². The first-order chi connectivity index (χ1) is 9.58. The van der Waals surface area contributed by atoms with E-state index in [4.69, 9.17) is 5.11 Å². The van der Waals surface area contributed by atoms with E-state index in [1.165, 1.54) is 4.88 Å². The summed E-state index contributed by atoms with van der Waals surface area (Å²) in [4.78, 5) is 24.2. The number of thiophene rings is 1. The molecule has 0 radical (unpaired) electrons. The second kappa shape index (κ2) is 9.36. The fraction of sp³-hybridized carbons (Fsp3) is 0.571. The molecule has 2 amide bonds. The molecule has 0 spiro atoms. The number of amides is 2. The molecule has 0 aromatic carbocycles. The van der Waals surface area contributed by atoms with E-state index >= 15 is 0 Å². The average molecular weight is 298 g/mol. The number of hydrogen-bond acceptors (Lipinski definition) is 3. The third-order valence-corrected chi connectivity index (χ3v) is 3.82. The van der Waals surface area contributed by atoms with Gasteiger partial charge in [-0.3, -0.25) is 4.79 Å². The van der Waals surface area contributed by atoms with E-state index in [1.54, 1.807) is 11.3 Å². The Morgan fingerprint density at radius 1 is 1.15 bits per heavy atom. The van der Waals surface area contributed by atoms with Gasteiger partial charge in [-0.25, -0.2) is 4.79 Å². The number of rotatable bonds is 9. The van der Waals surface area contributed by atoms with Gasteiger partial charge in [0.2, 0.25) is 0 Å². The Hall–Kier alpha value is -1.56. The zero-order chi connectivity index (χ0) is 14.8. The number of carboxylic acid groups (broad SMARTS) is 1. The second-order valence-corrected chi connectivity index (χ2v) is 6.05. The third kappa shape index (κ3) is 7.78. The number of unbranched alkanes of at least 4 members (excludes halogenated alkanes) is 3. The van der Waals surface area contributed by atoms with Gasteiger partial charge in [0, 0.05) is 22.7 Å². The number of aliphatic carboxylic acids is 1. The van der Waals surface area contributed by atoms with E-state index in [9.17, 15) is 9.59 Å². The predicted octanol–water partition coefficient (Wildman–Crippen LogP) is 2.89. The highest BCUT2D eigenvalue weighted by molar-refractivity contribution is 7.11. The van der Waals surface area contributed by atoms with Gasteiger partial charge in [-0.2, -0.15) is 0 Å². The van der Waals surface area contributed by atoms with Crippen LogP contribution in [0.5, 0.6) is 0 Å². The Kier molecular flexibility index (Phi) is 7.72. The minimum Gasteiger partial charge on any atom is -0.481 e. The monoisotopic (exact) mass is 298 g/mol. The molecule has 1 heterocycles. The van der Waals surface area contributed by atoms with Crippen LogP contribution in [0.15, 0.2) is 12.1 Å². The molecular formula is C14H22N2O3S. The minimum absolute atomic E-state index is 0.151. The van der Waals surface area contributed by atoms with Crippen molar-refractivity contribution in [3.63, 3.8) is 0 Å². The van der Waals surface area contributed by atoms with Crippen LogP contribution in [0.2, 0.25) is 0 Å². The zero-order valence-corrected chi connectivity index (χ0v) is 12.6. The molecule has 112 valence electrons. The largest absolute Gasteiger partial charge is 0.481 e. The quantitative estimate of drug-likeness (QED) is 0.613. The molecule has 1 aromatic rings. The Morgan fingerprint density at radius 2 is 1.90 bits per heavy atom. The van der Waals surface area contributed by atoms with Crippen molar-refractivity contribution in [3.05, 3.63) is 21.9 Å². The smallest absolute Gasteiger partial charge is 0.315 e. The van der Waals surface area contributed by atoms with Crippen molar-refractivity contribution in [1.29, 1.82) is 0 Å². The summed E-state index contributed by atoms with van der Waals surface area (Å²) in [5.74, 6) is -0.744. The number of nitrogens with one attached hydrogen (secondary N) is 2. The van der Waals surface area contributed by atoms with Gasteiger partial charge in [0.25, 0.3) is 0 Å². The highest BCUT2D eigenvalue weighted by Gasteiger charge is 2.01. The van der Waals surface area contributed by atoms with Crippen LogP contribution in [0.1, 0.15) is 41.9 Å². The van der Waals surface area contributed by atoms with Crippen molar-refractivity contribution in [2.45, 2.75) is 45.6 Å². The molecule has 6 heteroatoms. The normalized spacial score (nSPS) is 10.2. The second-order valence-electron chi connectivity index (χ2n) is 4.68. The molecule has 0 saturated carbocycles. The van der Waals surface area contributed by atoms with Crippen molar-refractivity contribution < 1.29 is 14.7 Å². The number of urea groups is 1. The summed E-state index contributed by atoms with van der Waals surface area (Å²) in [6.07, 6.45) is 3.65. The maximum absolute atomic E-state index is 11.5. The van der Waals surface area contributed by atoms with Crippen molar-refractivity contribution in [2.75, 3.05) is 6.54 Å². The van der Waals surface area contributed by atoms with Crippen LogP contribution >= 0.6 is 11.3 Å². The first kappa shape index (κ1) is 16.5. The van der Waals surface area contributed by atoms with Crippen LogP contribution in [0.3, 0.4) is 0 Å². The molecule has 0 fully saturated rings. The molecule has 0 aliphatic heterocycles. The van der Waals surface area contributed by atoms with Crippen molar-refractivity contribution >= 4 is 23.3 Å². The topological polar surface area (TPSA) is 78.4 Å². The Balaban J connectivity index is 1.96. The first-order valence-corrected chi connectivity index (χ1v) is 7.68. The number of carbonyl (C=O) groups excluding carboxylic acids is 1. The summed E-state index contributed by atoms with van der Waals surface area (Å²) in [6.45, 7) is 3.23. The predicted molar refractivity (Wildman–Crippen MR) is 80.0 cm³/mol. The van der Waals surface area contributed by atoms with Crippen molar-refractivity contribution in [3.8, 4) is 0 Å². The molecule has 3 N–H and O–H groups in total. The summed E-state index contributed by atoms with van der Waals surface area (Å²) >= 11 is 1.68. The van der Waals surface area contributed by atoms with E-state index in [0.29, 0.717) is 19.5 Å². The highest BCUT2D eigenvalue weighted by atomic mass is 32.1. The number of aryl methyl sites for hydroxylation is 1. The number of carboxylic acids is 1. The highest BCUT2D eigenvalue weighted by Crippen LogP contribution is 2.14. The van der Waals surface area contributed by atoms with Gasteiger partial charge in [-0.15, -0.1) is 11.3 Å². The van der Waals surface area contributed by atoms with Crippen LogP contribution in [-0.2, 0) is 11.3 Å². The van der Waals surface area contributed by atoms with Crippen LogP contribution in [0, 0.1) is 6.92 Å². The number of carbonyl (C=O) groups is 2. The number of hydrogen-bond donors (Lipinski definition) is 3. The molecule has 0 bridgehead atoms. The molecule has 1 rings (SSSR count). The lowest BCUT2D eigenvalue weighted by atomic mass is 10.1. The van der Waals surface area contributed by atoms with E-state index < -0.39 is 5.97 Å². The maximum atomic E-state index is 11.5. The Labute approximate surface area is 123 Å². The van der Waals surface area contributed by atoms with E-state index in [2.05, 4.69) is 10.6 Å². The van der Waals surface area contributed by atoms with Crippen molar-refractivity contribution in [2.24, 2.45) is 0 Å². The molecule has 20 heavy (non-hydrogen) atoms. The van der Waals surface area contributed by atoms with E-state index in [0.717, 1.165) is 24.1 Å². The Bertz CT molecular complexity index is 432. The van der Waals surface area contributed by atoms with Crippen LogP contribution in [0.25, 0.3) is 0 Å². The molecule has 0 unspecified atom stereocenters. The molecule has 1 aromatic heterocycles. The lowest BCUT2D eigenvalue weighted by molar-refractivity contribution is -0.137. The average Bonchev–Trinajstić information content (AvgIpc) is 2.81. The van der Waals surface area contributed by atoms with Gasteiger partial charge < -0.3 is 15.7 Å². The summed E-state index contributed by atoms with van der Waals surface area (Å²) in [6, 6.07) is 3.90. The van der Waals surface area contributed by atoms with Gasteiger partial charge in [0.15, 0.2) is 0 Å². The summed E-state index contributed by atoms with van der Waals surface area (Å²) < 4.78 is 0. The maximum Gasteiger partial charge on any atom is 0.315 e. The fourth-order valence-electron chi connectivity index (χ4n) is 1.77. The molecule has 0 saturated heterocycles. The summed E-state index contributed by atoms with van der Waals surface area (Å²) in [5, 5.41) is 14.1. The van der Waals surface area contributed by atoms with Gasteiger partial charge in [0.05, 0.1) is 6.54 Å².